The third-order valence-electron chi connectivity index (χ3n) is 6.07. The lowest BCUT2D eigenvalue weighted by atomic mass is 9.82. The fourth-order valence-corrected chi connectivity index (χ4v) is 5.06. The van der Waals surface area contributed by atoms with Crippen LogP contribution < -0.4 is 10.9 Å². The highest BCUT2D eigenvalue weighted by atomic mass is 16.2. The molecule has 0 atom stereocenters. The second-order valence-corrected chi connectivity index (χ2v) is 7.29. The minimum atomic E-state index is -0.0653. The highest BCUT2D eigenvalue weighted by Crippen LogP contribution is 2.46. The molecule has 1 aliphatic heterocycles. The molecule has 0 aliphatic carbocycles. The molecule has 2 N–H and O–H groups in total. The van der Waals surface area contributed by atoms with Crippen LogP contribution in [0.2, 0.25) is 0 Å². The molecule has 3 nitrogen and oxygen atoms in total. The van der Waals surface area contributed by atoms with Gasteiger partial charge in [-0.2, -0.15) is 0 Å². The van der Waals surface area contributed by atoms with Crippen molar-refractivity contribution in [3.63, 3.8) is 0 Å². The molecule has 0 aromatic heterocycles. The number of hydrogen-bond acceptors (Lipinski definition) is 2. The van der Waals surface area contributed by atoms with E-state index in [9.17, 15) is 4.79 Å². The van der Waals surface area contributed by atoms with E-state index < -0.39 is 0 Å². The normalized spacial score (nSPS) is 14.4. The summed E-state index contributed by atoms with van der Waals surface area (Å²) in [6.07, 6.45) is 0. The molecular weight excluding hydrogens is 332 g/mol. The standard InChI is InChI=1S/C24H12N2O/c27-24-21-17-10-8-13-4-2-6-15-14-5-1-3-12-7-9-16(18(21)11-25-26-24)22(19(12)14)23(17)20(13)15/h1,3,5-10,25H,11H2,(H,26,27). The zero-order chi connectivity index (χ0) is 17.7. The van der Waals surface area contributed by atoms with Crippen LogP contribution in [-0.4, -0.2) is 5.91 Å². The van der Waals surface area contributed by atoms with Crippen molar-refractivity contribution in [1.82, 2.24) is 10.9 Å². The maximum absolute atomic E-state index is 12.8. The number of hydrogen-bond donors (Lipinski definition) is 2. The van der Waals surface area contributed by atoms with E-state index >= 15 is 0 Å². The fourth-order valence-electron chi connectivity index (χ4n) is 5.06. The first-order valence-corrected chi connectivity index (χ1v) is 9.05. The van der Waals surface area contributed by atoms with Crippen LogP contribution in [0.1, 0.15) is 15.9 Å². The Labute approximate surface area is 154 Å². The van der Waals surface area contributed by atoms with Gasteiger partial charge in [0.2, 0.25) is 0 Å². The van der Waals surface area contributed by atoms with Crippen LogP contribution in [0.4, 0.5) is 0 Å². The van der Waals surface area contributed by atoms with Gasteiger partial charge in [0.1, 0.15) is 0 Å². The molecule has 1 aliphatic rings. The summed E-state index contributed by atoms with van der Waals surface area (Å²) in [6, 6.07) is 23.4. The summed E-state index contributed by atoms with van der Waals surface area (Å²) >= 11 is 0. The fraction of sp³-hybridized carbons (Fsp3) is 0.0417. The number of rotatable bonds is 0. The van der Waals surface area contributed by atoms with E-state index in [1.165, 1.54) is 37.7 Å². The Morgan fingerprint density at radius 2 is 1.70 bits per heavy atom. The van der Waals surface area contributed by atoms with Crippen molar-refractivity contribution in [3.8, 4) is 0 Å². The summed E-state index contributed by atoms with van der Waals surface area (Å²) < 4.78 is 0. The zero-order valence-electron chi connectivity index (χ0n) is 14.2. The Balaban J connectivity index is 1.97. The van der Waals surface area contributed by atoms with Crippen molar-refractivity contribution >= 4 is 59.8 Å². The molecule has 0 saturated carbocycles. The topological polar surface area (TPSA) is 41.1 Å². The van der Waals surface area contributed by atoms with E-state index in [2.05, 4.69) is 65.4 Å². The molecule has 0 bridgehead atoms. The van der Waals surface area contributed by atoms with E-state index in [-0.39, 0.29) is 5.91 Å². The second-order valence-electron chi connectivity index (χ2n) is 7.29. The molecule has 6 aromatic rings. The van der Waals surface area contributed by atoms with Crippen molar-refractivity contribution < 1.29 is 4.79 Å². The summed E-state index contributed by atoms with van der Waals surface area (Å²) in [5.41, 5.74) is 7.69. The molecule has 0 spiro atoms. The lowest BCUT2D eigenvalue weighted by Gasteiger charge is -2.25. The lowest BCUT2D eigenvalue weighted by molar-refractivity contribution is 0.0922. The smallest absolute Gasteiger partial charge is 0.266 e. The van der Waals surface area contributed by atoms with Gasteiger partial charge in [0.25, 0.3) is 5.91 Å². The van der Waals surface area contributed by atoms with Gasteiger partial charge in [0.15, 0.2) is 0 Å². The first-order chi connectivity index (χ1) is 13.3. The summed E-state index contributed by atoms with van der Waals surface area (Å²) in [6.45, 7) is 0.626. The van der Waals surface area contributed by atoms with E-state index in [0.717, 1.165) is 27.3 Å². The summed E-state index contributed by atoms with van der Waals surface area (Å²) in [4.78, 5) is 12.8. The van der Waals surface area contributed by atoms with Gasteiger partial charge < -0.3 is 0 Å². The zero-order valence-corrected chi connectivity index (χ0v) is 14.2. The Morgan fingerprint density at radius 3 is 2.67 bits per heavy atom. The van der Waals surface area contributed by atoms with Crippen molar-refractivity contribution in [2.24, 2.45) is 0 Å². The Bertz CT molecular complexity index is 1560. The van der Waals surface area contributed by atoms with Crippen LogP contribution in [0.25, 0.3) is 53.9 Å². The number of carbonyl (C=O) groups excluding carboxylic acids is 1. The Hall–Kier alpha value is -3.61. The van der Waals surface area contributed by atoms with Gasteiger partial charge in [0.05, 0.1) is 5.56 Å². The second kappa shape index (κ2) is 4.37. The molecule has 124 valence electrons. The average molecular weight is 344 g/mol. The van der Waals surface area contributed by atoms with Crippen LogP contribution >= 0.6 is 0 Å². The van der Waals surface area contributed by atoms with Crippen LogP contribution in [0, 0.1) is 12.1 Å². The molecule has 0 radical (unpaired) electrons. The quantitative estimate of drug-likeness (QED) is 0.310. The SMILES string of the molecule is O=C1NNCc2c1c1ccc3c#ccc4c5cccc6ccc2c(c65)c1c34. The third-order valence-corrected chi connectivity index (χ3v) is 6.07. The lowest BCUT2D eigenvalue weighted by Crippen LogP contribution is -2.42. The van der Waals surface area contributed by atoms with Crippen LogP contribution in [0.3, 0.4) is 0 Å². The van der Waals surface area contributed by atoms with Gasteiger partial charge in [-0.3, -0.25) is 10.2 Å². The predicted molar refractivity (Wildman–Crippen MR) is 108 cm³/mol. The number of fused-ring (bicyclic) bond motifs is 4. The molecule has 1 heterocycles. The summed E-state index contributed by atoms with van der Waals surface area (Å²) in [5.74, 6) is -0.0653. The average Bonchev–Trinajstić information content (AvgIpc) is 2.72. The van der Waals surface area contributed by atoms with Gasteiger partial charge >= 0.3 is 0 Å². The van der Waals surface area contributed by atoms with E-state index in [1.807, 2.05) is 6.07 Å². The molecule has 1 amide bonds. The van der Waals surface area contributed by atoms with Crippen molar-refractivity contribution in [1.29, 1.82) is 0 Å². The van der Waals surface area contributed by atoms with E-state index in [1.54, 1.807) is 0 Å². The van der Waals surface area contributed by atoms with Crippen LogP contribution in [-0.2, 0) is 6.54 Å². The molecule has 0 unspecified atom stereocenters. The first-order valence-electron chi connectivity index (χ1n) is 9.05. The molecule has 3 heteroatoms. The summed E-state index contributed by atoms with van der Waals surface area (Å²) in [5, 5.41) is 11.7. The Morgan fingerprint density at radius 1 is 0.815 bits per heavy atom. The minimum absolute atomic E-state index is 0.0653. The number of carbonyl (C=O) groups is 1. The number of benzene rings is 5. The van der Waals surface area contributed by atoms with Gasteiger partial charge in [-0.05, 0) is 55.4 Å². The van der Waals surface area contributed by atoms with Gasteiger partial charge in [0, 0.05) is 22.7 Å². The first kappa shape index (κ1) is 13.6. The number of nitrogens with one attached hydrogen (secondary N) is 2. The highest BCUT2D eigenvalue weighted by Gasteiger charge is 2.26. The van der Waals surface area contributed by atoms with E-state index in [4.69, 9.17) is 0 Å². The van der Waals surface area contributed by atoms with E-state index in [0.29, 0.717) is 6.54 Å². The van der Waals surface area contributed by atoms with Crippen LogP contribution in [0.5, 0.6) is 0 Å². The largest absolute Gasteiger partial charge is 0.287 e. The third kappa shape index (κ3) is 1.44. The van der Waals surface area contributed by atoms with Crippen molar-refractivity contribution in [2.45, 2.75) is 6.54 Å². The minimum Gasteiger partial charge on any atom is -0.287 e. The number of amides is 1. The Kier molecular flexibility index (Phi) is 2.20. The highest BCUT2D eigenvalue weighted by molar-refractivity contribution is 6.41. The van der Waals surface area contributed by atoms with Crippen molar-refractivity contribution in [3.05, 3.63) is 71.8 Å². The van der Waals surface area contributed by atoms with Gasteiger partial charge in [-0.1, -0.05) is 48.5 Å². The molecule has 6 aromatic carbocycles. The molecule has 0 saturated heterocycles. The maximum atomic E-state index is 12.8. The van der Waals surface area contributed by atoms with Crippen LogP contribution in [0.15, 0.2) is 48.5 Å². The van der Waals surface area contributed by atoms with Gasteiger partial charge in [-0.15, -0.1) is 0 Å². The van der Waals surface area contributed by atoms with Crippen molar-refractivity contribution in [2.75, 3.05) is 0 Å². The maximum Gasteiger partial charge on any atom is 0.266 e. The molecule has 0 fully saturated rings. The molecule has 7 rings (SSSR count). The monoisotopic (exact) mass is 344 g/mol. The molecule has 27 heavy (non-hydrogen) atoms. The predicted octanol–water partition coefficient (Wildman–Crippen LogP) is 4.68. The number of hydrazine groups is 1. The van der Waals surface area contributed by atoms with Gasteiger partial charge in [-0.25, -0.2) is 5.43 Å². The summed E-state index contributed by atoms with van der Waals surface area (Å²) in [7, 11) is 0. The molecular formula is C24H12N2O.